The van der Waals surface area contributed by atoms with Gasteiger partial charge in [0.1, 0.15) is 42.7 Å². The number of rotatable bonds is 8. The first-order valence-electron chi connectivity index (χ1n) is 20.4. The molecule has 0 spiro atoms. The van der Waals surface area contributed by atoms with Crippen molar-refractivity contribution >= 4 is 0 Å². The second-order valence-corrected chi connectivity index (χ2v) is 19.6. The SMILES string of the molecule is CC(C)=CC/C=C(\C)[C@H]1CC[C@]2(C)[C@@H]1[C@H](O)C[C@@H]1[C@@]3(C)CC[C@H](O)C(C)(C)[C@@H]3[C@@H](O[C@@H]3O[C@H](CO)[C@@H](O)[C@H](O)[C@H]3O[C@@H]3O[C@H](C)[C@H](O)[C@@H](O)[C@H]3O)C[C@]12C. The van der Waals surface area contributed by atoms with Crippen LogP contribution >= 0.6 is 0 Å². The minimum absolute atomic E-state index is 0.0381. The third-order valence-corrected chi connectivity index (χ3v) is 16.0. The van der Waals surface area contributed by atoms with Crippen LogP contribution in [0.1, 0.15) is 107 Å². The van der Waals surface area contributed by atoms with E-state index in [0.29, 0.717) is 19.3 Å². The summed E-state index contributed by atoms with van der Waals surface area (Å²) in [5, 5.41) is 88.2. The molecular weight excluding hydrogens is 696 g/mol. The molecule has 2 heterocycles. The third-order valence-electron chi connectivity index (χ3n) is 16.0. The molecule has 20 atom stereocenters. The van der Waals surface area contributed by atoms with Gasteiger partial charge in [-0.3, -0.25) is 0 Å². The van der Waals surface area contributed by atoms with Crippen LogP contribution in [0.3, 0.4) is 0 Å². The van der Waals surface area contributed by atoms with E-state index in [0.717, 1.165) is 25.7 Å². The summed E-state index contributed by atoms with van der Waals surface area (Å²) in [4.78, 5) is 0. The van der Waals surface area contributed by atoms with Crippen LogP contribution in [0.5, 0.6) is 0 Å². The van der Waals surface area contributed by atoms with Gasteiger partial charge >= 0.3 is 0 Å². The van der Waals surface area contributed by atoms with Gasteiger partial charge in [-0.15, -0.1) is 0 Å². The van der Waals surface area contributed by atoms with E-state index in [2.05, 4.69) is 67.5 Å². The molecule has 0 aromatic rings. The lowest BCUT2D eigenvalue weighted by molar-refractivity contribution is -0.381. The highest BCUT2D eigenvalue weighted by Crippen LogP contribution is 2.76. The Morgan fingerprint density at radius 1 is 0.759 bits per heavy atom. The Kier molecular flexibility index (Phi) is 12.1. The van der Waals surface area contributed by atoms with Gasteiger partial charge in [0.15, 0.2) is 12.6 Å². The maximum absolute atomic E-state index is 12.2. The molecule has 4 saturated carbocycles. The first-order valence-corrected chi connectivity index (χ1v) is 20.4. The summed E-state index contributed by atoms with van der Waals surface area (Å²) in [6.45, 7) is 18.5. The fourth-order valence-electron chi connectivity index (χ4n) is 12.9. The molecule has 0 unspecified atom stereocenters. The number of allylic oxidation sites excluding steroid dienone is 4. The molecule has 2 aliphatic heterocycles. The van der Waals surface area contributed by atoms with Crippen LogP contribution < -0.4 is 0 Å². The predicted molar refractivity (Wildman–Crippen MR) is 199 cm³/mol. The Morgan fingerprint density at radius 2 is 1.44 bits per heavy atom. The van der Waals surface area contributed by atoms with Gasteiger partial charge in [0, 0.05) is 0 Å². The van der Waals surface area contributed by atoms with Crippen molar-refractivity contribution in [2.45, 2.75) is 187 Å². The zero-order valence-corrected chi connectivity index (χ0v) is 33.8. The molecule has 0 amide bonds. The molecule has 6 fully saturated rings. The topological polar surface area (TPSA) is 199 Å². The Balaban J connectivity index is 1.39. The van der Waals surface area contributed by atoms with Crippen molar-refractivity contribution < 1.29 is 59.8 Å². The van der Waals surface area contributed by atoms with Gasteiger partial charge in [-0.2, -0.15) is 0 Å². The molecular formula is C42H70O12. The molecule has 0 radical (unpaired) electrons. The average molecular weight is 767 g/mol. The Bertz CT molecular complexity index is 1400. The zero-order chi connectivity index (χ0) is 39.9. The van der Waals surface area contributed by atoms with Crippen molar-refractivity contribution in [3.8, 4) is 0 Å². The van der Waals surface area contributed by atoms with Crippen LogP contribution in [0, 0.1) is 45.3 Å². The third kappa shape index (κ3) is 6.79. The highest BCUT2D eigenvalue weighted by molar-refractivity contribution is 5.24. The van der Waals surface area contributed by atoms with Crippen LogP contribution in [0.25, 0.3) is 0 Å². The molecule has 54 heavy (non-hydrogen) atoms. The Morgan fingerprint density at radius 3 is 2.09 bits per heavy atom. The molecule has 0 bridgehead atoms. The van der Waals surface area contributed by atoms with Crippen LogP contribution in [-0.4, -0.2) is 127 Å². The summed E-state index contributed by atoms with van der Waals surface area (Å²) in [7, 11) is 0. The minimum Gasteiger partial charge on any atom is -0.394 e. The molecule has 0 aromatic carbocycles. The molecule has 310 valence electrons. The summed E-state index contributed by atoms with van der Waals surface area (Å²) in [5.74, 6) is 0.165. The summed E-state index contributed by atoms with van der Waals surface area (Å²) in [6, 6.07) is 0. The van der Waals surface area contributed by atoms with Gasteiger partial charge in [0.05, 0.1) is 31.0 Å². The minimum atomic E-state index is -1.68. The molecule has 6 rings (SSSR count). The maximum Gasteiger partial charge on any atom is 0.187 e. The predicted octanol–water partition coefficient (Wildman–Crippen LogP) is 2.95. The van der Waals surface area contributed by atoms with Gasteiger partial charge in [-0.05, 0) is 118 Å². The van der Waals surface area contributed by atoms with E-state index in [4.69, 9.17) is 18.9 Å². The van der Waals surface area contributed by atoms with Crippen molar-refractivity contribution in [3.63, 3.8) is 0 Å². The Labute approximate surface area is 321 Å². The molecule has 12 nitrogen and oxygen atoms in total. The van der Waals surface area contributed by atoms with Gasteiger partial charge < -0.3 is 59.8 Å². The van der Waals surface area contributed by atoms with Crippen molar-refractivity contribution in [1.29, 1.82) is 0 Å². The van der Waals surface area contributed by atoms with Gasteiger partial charge in [-0.25, -0.2) is 0 Å². The summed E-state index contributed by atoms with van der Waals surface area (Å²) >= 11 is 0. The average Bonchev–Trinajstić information content (AvgIpc) is 3.48. The van der Waals surface area contributed by atoms with E-state index in [1.54, 1.807) is 0 Å². The lowest BCUT2D eigenvalue weighted by atomic mass is 9.34. The molecule has 2 saturated heterocycles. The first-order chi connectivity index (χ1) is 25.1. The zero-order valence-electron chi connectivity index (χ0n) is 33.8. The lowest BCUT2D eigenvalue weighted by Gasteiger charge is -2.72. The molecule has 0 aromatic heterocycles. The monoisotopic (exact) mass is 766 g/mol. The molecule has 4 aliphatic carbocycles. The maximum atomic E-state index is 12.2. The fourth-order valence-corrected chi connectivity index (χ4v) is 12.9. The van der Waals surface area contributed by atoms with E-state index in [-0.39, 0.29) is 39.9 Å². The number of ether oxygens (including phenoxy) is 4. The largest absolute Gasteiger partial charge is 0.394 e. The normalized spacial score (nSPS) is 53.3. The molecule has 8 N–H and O–H groups in total. The highest BCUT2D eigenvalue weighted by Gasteiger charge is 2.73. The smallest absolute Gasteiger partial charge is 0.187 e. The van der Waals surface area contributed by atoms with Gasteiger partial charge in [0.25, 0.3) is 0 Å². The van der Waals surface area contributed by atoms with Crippen LogP contribution in [0.2, 0.25) is 0 Å². The number of hydrogen-bond donors (Lipinski definition) is 8. The van der Waals surface area contributed by atoms with Gasteiger partial charge in [-0.1, -0.05) is 57.9 Å². The van der Waals surface area contributed by atoms with Crippen molar-refractivity contribution in [1.82, 2.24) is 0 Å². The van der Waals surface area contributed by atoms with E-state index in [1.807, 2.05) is 0 Å². The van der Waals surface area contributed by atoms with E-state index >= 15 is 0 Å². The van der Waals surface area contributed by atoms with Crippen LogP contribution in [0.4, 0.5) is 0 Å². The summed E-state index contributed by atoms with van der Waals surface area (Å²) < 4.78 is 25.2. The van der Waals surface area contributed by atoms with Crippen LogP contribution in [0.15, 0.2) is 23.3 Å². The van der Waals surface area contributed by atoms with Gasteiger partial charge in [0.2, 0.25) is 0 Å². The number of aliphatic hydroxyl groups is 8. The van der Waals surface area contributed by atoms with Crippen molar-refractivity contribution in [2.24, 2.45) is 45.3 Å². The number of aliphatic hydroxyl groups excluding tert-OH is 8. The van der Waals surface area contributed by atoms with E-state index in [1.165, 1.54) is 18.1 Å². The van der Waals surface area contributed by atoms with Crippen LogP contribution in [-0.2, 0) is 18.9 Å². The number of fused-ring (bicyclic) bond motifs is 5. The highest BCUT2D eigenvalue weighted by atomic mass is 16.8. The fraction of sp³-hybridized carbons (Fsp3) is 0.905. The second-order valence-electron chi connectivity index (χ2n) is 19.6. The van der Waals surface area contributed by atoms with E-state index < -0.39 is 91.7 Å². The first kappa shape index (κ1) is 42.6. The molecule has 6 aliphatic rings. The standard InChI is InChI=1S/C42H70O12/c1-20(2)11-10-12-21(3)23-13-16-41(8)29(23)24(44)17-27-40(7)15-14-28(45)39(5,6)36(40)25(18-42(27,41)9)52-38-35(33(49)31(47)26(19-43)53-38)54-37-34(50)32(48)30(46)22(4)51-37/h11-12,22-38,43-50H,10,13-19H2,1-9H3/b21-12+/t22-,23-,24-,25+,26-,27-,28+,29+,30+,31-,32-,33+,34-,35-,36+,37+,38-,40-,41-,42-/m1/s1. The Hall–Kier alpha value is -1.00. The van der Waals surface area contributed by atoms with Crippen molar-refractivity contribution in [3.05, 3.63) is 23.3 Å². The summed E-state index contributed by atoms with van der Waals surface area (Å²) in [5.41, 5.74) is 1.01. The van der Waals surface area contributed by atoms with Crippen molar-refractivity contribution in [2.75, 3.05) is 6.61 Å². The number of hydrogen-bond acceptors (Lipinski definition) is 12. The lowest BCUT2D eigenvalue weighted by Crippen LogP contribution is -2.71. The quantitative estimate of drug-likeness (QED) is 0.133. The molecule has 12 heteroatoms. The van der Waals surface area contributed by atoms with E-state index in [9.17, 15) is 40.9 Å². The summed E-state index contributed by atoms with van der Waals surface area (Å²) in [6.07, 6.45) is -6.05. The second kappa shape index (κ2) is 15.3.